The second-order valence-electron chi connectivity index (χ2n) is 6.37. The van der Waals surface area contributed by atoms with Crippen LogP contribution >= 0.6 is 11.6 Å². The van der Waals surface area contributed by atoms with Gasteiger partial charge in [0.1, 0.15) is 5.75 Å². The van der Waals surface area contributed by atoms with Gasteiger partial charge in [0.15, 0.2) is 0 Å². The quantitative estimate of drug-likeness (QED) is 0.444. The molecule has 2 heterocycles. The van der Waals surface area contributed by atoms with E-state index in [2.05, 4.69) is 20.4 Å². The number of aryl methyl sites for hydroxylation is 1. The van der Waals surface area contributed by atoms with Crippen LogP contribution in [0.3, 0.4) is 0 Å². The molecule has 2 aromatic carbocycles. The Morgan fingerprint density at radius 1 is 1.03 bits per heavy atom. The lowest BCUT2D eigenvalue weighted by atomic mass is 10.2. The molecule has 0 radical (unpaired) electrons. The van der Waals surface area contributed by atoms with Crippen LogP contribution in [0.15, 0.2) is 77.4 Å². The number of carbonyl (C=O) groups is 1. The average molecular weight is 421 g/mol. The highest BCUT2D eigenvalue weighted by atomic mass is 35.5. The van der Waals surface area contributed by atoms with Crippen molar-refractivity contribution in [1.29, 1.82) is 0 Å². The molecule has 0 unspecified atom stereocenters. The van der Waals surface area contributed by atoms with Gasteiger partial charge in [-0.05, 0) is 42.5 Å². The number of pyridine rings is 1. The minimum Gasteiger partial charge on any atom is -0.439 e. The van der Waals surface area contributed by atoms with Gasteiger partial charge in [0.2, 0.25) is 23.5 Å². The summed E-state index contributed by atoms with van der Waals surface area (Å²) in [5, 5.41) is 7.36. The number of anilines is 1. The molecule has 0 bridgehead atoms. The summed E-state index contributed by atoms with van der Waals surface area (Å²) in [4.78, 5) is 20.7. The molecule has 150 valence electrons. The van der Waals surface area contributed by atoms with E-state index in [1.807, 2.05) is 42.5 Å². The number of benzene rings is 2. The van der Waals surface area contributed by atoms with Crippen LogP contribution in [0.5, 0.6) is 11.6 Å². The number of aromatic nitrogens is 3. The third-order valence-electron chi connectivity index (χ3n) is 4.12. The van der Waals surface area contributed by atoms with E-state index in [0.29, 0.717) is 40.5 Å². The highest BCUT2D eigenvalue weighted by molar-refractivity contribution is 6.30. The van der Waals surface area contributed by atoms with Crippen molar-refractivity contribution < 1.29 is 14.1 Å². The summed E-state index contributed by atoms with van der Waals surface area (Å²) in [5.41, 5.74) is 1.37. The van der Waals surface area contributed by atoms with Gasteiger partial charge in [-0.15, -0.1) is 0 Å². The lowest BCUT2D eigenvalue weighted by Crippen LogP contribution is -2.12. The molecule has 0 saturated heterocycles. The first-order chi connectivity index (χ1) is 14.7. The average Bonchev–Trinajstić information content (AvgIpc) is 3.24. The largest absolute Gasteiger partial charge is 0.439 e. The molecule has 0 fully saturated rings. The Labute approximate surface area is 177 Å². The Bertz CT molecular complexity index is 1110. The number of para-hydroxylation sites is 1. The number of hydrogen-bond donors (Lipinski definition) is 1. The molecule has 1 amide bonds. The molecule has 0 saturated carbocycles. The van der Waals surface area contributed by atoms with Gasteiger partial charge < -0.3 is 14.6 Å². The molecule has 2 aromatic heterocycles. The molecule has 0 atom stereocenters. The van der Waals surface area contributed by atoms with E-state index in [1.54, 1.807) is 30.5 Å². The zero-order valence-electron chi connectivity index (χ0n) is 15.8. The van der Waals surface area contributed by atoms with Gasteiger partial charge in [-0.2, -0.15) is 4.98 Å². The summed E-state index contributed by atoms with van der Waals surface area (Å²) in [5.74, 6) is 1.80. The molecule has 0 aliphatic carbocycles. The summed E-state index contributed by atoms with van der Waals surface area (Å²) >= 11 is 5.88. The van der Waals surface area contributed by atoms with Gasteiger partial charge in [0, 0.05) is 29.5 Å². The smallest absolute Gasteiger partial charge is 0.227 e. The number of rotatable bonds is 7. The highest BCUT2D eigenvalue weighted by Crippen LogP contribution is 2.21. The second kappa shape index (κ2) is 9.19. The van der Waals surface area contributed by atoms with Crippen LogP contribution in [0.2, 0.25) is 5.02 Å². The summed E-state index contributed by atoms with van der Waals surface area (Å²) in [7, 11) is 0. The molecular weight excluding hydrogens is 404 g/mol. The first-order valence-corrected chi connectivity index (χ1v) is 9.61. The number of hydrogen-bond acceptors (Lipinski definition) is 6. The van der Waals surface area contributed by atoms with Gasteiger partial charge in [-0.1, -0.05) is 35.0 Å². The van der Waals surface area contributed by atoms with E-state index >= 15 is 0 Å². The predicted molar refractivity (Wildman–Crippen MR) is 112 cm³/mol. The number of halogens is 1. The topological polar surface area (TPSA) is 90.1 Å². The third-order valence-corrected chi connectivity index (χ3v) is 4.37. The number of nitrogens with one attached hydrogen (secondary N) is 1. The van der Waals surface area contributed by atoms with Crippen molar-refractivity contribution in [2.24, 2.45) is 0 Å². The Kier molecular flexibility index (Phi) is 6.01. The number of nitrogens with zero attached hydrogens (tertiary/aromatic N) is 3. The van der Waals surface area contributed by atoms with Gasteiger partial charge in [0.25, 0.3) is 0 Å². The molecule has 4 rings (SSSR count). The lowest BCUT2D eigenvalue weighted by Gasteiger charge is -2.06. The molecule has 1 N–H and O–H groups in total. The predicted octanol–water partition coefficient (Wildman–Crippen LogP) is 5.15. The van der Waals surface area contributed by atoms with E-state index in [0.717, 1.165) is 5.56 Å². The monoisotopic (exact) mass is 420 g/mol. The highest BCUT2D eigenvalue weighted by Gasteiger charge is 2.11. The van der Waals surface area contributed by atoms with E-state index in [4.69, 9.17) is 20.9 Å². The fourth-order valence-electron chi connectivity index (χ4n) is 2.64. The minimum absolute atomic E-state index is 0.181. The van der Waals surface area contributed by atoms with E-state index in [-0.39, 0.29) is 12.3 Å². The molecular formula is C22H17ClN4O3. The van der Waals surface area contributed by atoms with Crippen molar-refractivity contribution in [2.75, 3.05) is 5.32 Å². The van der Waals surface area contributed by atoms with Crippen LogP contribution in [0, 0.1) is 0 Å². The SMILES string of the molecule is O=C(CCc1nc(-c2ccc(Cl)cc2)no1)Nc1ccc(Oc2ccccc2)nc1. The Morgan fingerprint density at radius 3 is 2.57 bits per heavy atom. The standard InChI is InChI=1S/C22H17ClN4O3/c23-16-8-6-15(7-9-16)22-26-21(30-27-22)13-11-19(28)25-17-10-12-20(24-14-17)29-18-4-2-1-3-5-18/h1-10,12,14H,11,13H2,(H,25,28). The van der Waals surface area contributed by atoms with Crippen LogP contribution in [0.25, 0.3) is 11.4 Å². The fourth-order valence-corrected chi connectivity index (χ4v) is 2.77. The first-order valence-electron chi connectivity index (χ1n) is 9.23. The fraction of sp³-hybridized carbons (Fsp3) is 0.0909. The molecule has 0 aliphatic heterocycles. The maximum Gasteiger partial charge on any atom is 0.227 e. The van der Waals surface area contributed by atoms with Crippen LogP contribution in [0.1, 0.15) is 12.3 Å². The van der Waals surface area contributed by atoms with E-state index < -0.39 is 0 Å². The zero-order chi connectivity index (χ0) is 20.8. The molecule has 4 aromatic rings. The van der Waals surface area contributed by atoms with Crippen molar-refractivity contribution in [2.45, 2.75) is 12.8 Å². The number of carbonyl (C=O) groups excluding carboxylic acids is 1. The molecule has 7 nitrogen and oxygen atoms in total. The van der Waals surface area contributed by atoms with Crippen LogP contribution in [-0.4, -0.2) is 21.0 Å². The molecule has 30 heavy (non-hydrogen) atoms. The van der Waals surface area contributed by atoms with Crippen LogP contribution < -0.4 is 10.1 Å². The molecule has 0 aliphatic rings. The zero-order valence-corrected chi connectivity index (χ0v) is 16.5. The lowest BCUT2D eigenvalue weighted by molar-refractivity contribution is -0.116. The van der Waals surface area contributed by atoms with Crippen molar-refractivity contribution in [3.8, 4) is 23.0 Å². The van der Waals surface area contributed by atoms with Gasteiger partial charge >= 0.3 is 0 Å². The van der Waals surface area contributed by atoms with Gasteiger partial charge in [-0.25, -0.2) is 4.98 Å². The summed E-state index contributed by atoms with van der Waals surface area (Å²) in [6, 6.07) is 19.9. The van der Waals surface area contributed by atoms with E-state index in [9.17, 15) is 4.79 Å². The number of ether oxygens (including phenoxy) is 1. The first kappa shape index (κ1) is 19.6. The summed E-state index contributed by atoms with van der Waals surface area (Å²) in [6.45, 7) is 0. The minimum atomic E-state index is -0.181. The van der Waals surface area contributed by atoms with E-state index in [1.165, 1.54) is 0 Å². The maximum absolute atomic E-state index is 12.2. The molecule has 8 heteroatoms. The van der Waals surface area contributed by atoms with Gasteiger partial charge in [0.05, 0.1) is 11.9 Å². The van der Waals surface area contributed by atoms with Crippen LogP contribution in [-0.2, 0) is 11.2 Å². The summed E-state index contributed by atoms with van der Waals surface area (Å²) < 4.78 is 10.8. The Hall–Kier alpha value is -3.71. The summed E-state index contributed by atoms with van der Waals surface area (Å²) in [6.07, 6.45) is 2.07. The molecule has 0 spiro atoms. The van der Waals surface area contributed by atoms with Crippen molar-refractivity contribution >= 4 is 23.2 Å². The van der Waals surface area contributed by atoms with Crippen molar-refractivity contribution in [1.82, 2.24) is 15.1 Å². The Morgan fingerprint density at radius 2 is 1.83 bits per heavy atom. The van der Waals surface area contributed by atoms with Crippen molar-refractivity contribution in [3.05, 3.63) is 83.8 Å². The Balaban J connectivity index is 1.28. The third kappa shape index (κ3) is 5.21. The maximum atomic E-state index is 12.2. The van der Waals surface area contributed by atoms with Gasteiger partial charge in [-0.3, -0.25) is 4.79 Å². The van der Waals surface area contributed by atoms with Crippen molar-refractivity contribution in [3.63, 3.8) is 0 Å². The van der Waals surface area contributed by atoms with Crippen LogP contribution in [0.4, 0.5) is 5.69 Å². The normalized spacial score (nSPS) is 10.6. The number of amides is 1. The second-order valence-corrected chi connectivity index (χ2v) is 6.80.